The fraction of sp³-hybridized carbons (Fsp3) is 0.562. The van der Waals surface area contributed by atoms with Crippen LogP contribution in [0.2, 0.25) is 0 Å². The van der Waals surface area contributed by atoms with E-state index in [1.54, 1.807) is 0 Å². The van der Waals surface area contributed by atoms with E-state index in [4.69, 9.17) is 10.5 Å². The molecule has 0 aliphatic carbocycles. The highest BCUT2D eigenvalue weighted by Gasteiger charge is 2.42. The van der Waals surface area contributed by atoms with Crippen LogP contribution in [-0.4, -0.2) is 37.1 Å². The zero-order valence-corrected chi connectivity index (χ0v) is 11.8. The van der Waals surface area contributed by atoms with Crippen LogP contribution < -0.4 is 5.73 Å². The Balaban J connectivity index is 1.57. The number of rotatable bonds is 3. The smallest absolute Gasteiger partial charge is 0.224 e. The van der Waals surface area contributed by atoms with Crippen molar-refractivity contribution >= 4 is 5.91 Å². The third-order valence-electron chi connectivity index (χ3n) is 4.60. The molecule has 0 unspecified atom stereocenters. The summed E-state index contributed by atoms with van der Waals surface area (Å²) in [5.74, 6) is 0.171. The Labute approximate surface area is 119 Å². The molecule has 4 nitrogen and oxygen atoms in total. The number of nitrogens with zero attached hydrogens (tertiary/aromatic N) is 1. The quantitative estimate of drug-likeness (QED) is 0.913. The Kier molecular flexibility index (Phi) is 3.76. The highest BCUT2D eigenvalue weighted by molar-refractivity contribution is 5.77. The average molecular weight is 274 g/mol. The summed E-state index contributed by atoms with van der Waals surface area (Å²) < 4.78 is 5.50. The van der Waals surface area contributed by atoms with Crippen LogP contribution in [0.25, 0.3) is 0 Å². The molecule has 2 aliphatic heterocycles. The van der Waals surface area contributed by atoms with Gasteiger partial charge < -0.3 is 15.4 Å². The first-order valence-corrected chi connectivity index (χ1v) is 7.35. The predicted molar refractivity (Wildman–Crippen MR) is 77.1 cm³/mol. The maximum absolute atomic E-state index is 12.4. The minimum atomic E-state index is -0.208. The van der Waals surface area contributed by atoms with E-state index in [0.29, 0.717) is 6.42 Å². The van der Waals surface area contributed by atoms with E-state index in [0.717, 1.165) is 44.7 Å². The van der Waals surface area contributed by atoms with E-state index in [1.807, 2.05) is 35.2 Å². The summed E-state index contributed by atoms with van der Waals surface area (Å²) >= 11 is 0. The zero-order valence-electron chi connectivity index (χ0n) is 11.8. The highest BCUT2D eigenvalue weighted by atomic mass is 16.5. The van der Waals surface area contributed by atoms with E-state index in [2.05, 4.69) is 0 Å². The normalized spacial score (nSPS) is 27.1. The molecule has 4 heteroatoms. The van der Waals surface area contributed by atoms with Gasteiger partial charge in [-0.25, -0.2) is 0 Å². The molecule has 2 N–H and O–H groups in total. The van der Waals surface area contributed by atoms with Crippen LogP contribution in [-0.2, 0) is 9.53 Å². The summed E-state index contributed by atoms with van der Waals surface area (Å²) in [6, 6.07) is 9.63. The second kappa shape index (κ2) is 5.54. The molecule has 1 aromatic rings. The molecule has 2 heterocycles. The SMILES string of the molecule is N[C@H](CC(=O)N1CC[C@]2(CCOC2)C1)c1ccccc1. The van der Waals surface area contributed by atoms with Gasteiger partial charge in [0, 0.05) is 37.6 Å². The third kappa shape index (κ3) is 2.72. The molecule has 1 spiro atoms. The van der Waals surface area contributed by atoms with Gasteiger partial charge in [-0.1, -0.05) is 30.3 Å². The van der Waals surface area contributed by atoms with Gasteiger partial charge in [0.2, 0.25) is 5.91 Å². The molecule has 0 bridgehead atoms. The number of likely N-dealkylation sites (tertiary alicyclic amines) is 1. The second-order valence-electron chi connectivity index (χ2n) is 6.09. The lowest BCUT2D eigenvalue weighted by Crippen LogP contribution is -2.34. The maximum Gasteiger partial charge on any atom is 0.224 e. The van der Waals surface area contributed by atoms with Crippen LogP contribution in [0.3, 0.4) is 0 Å². The maximum atomic E-state index is 12.4. The average Bonchev–Trinajstić information content (AvgIpc) is 3.10. The number of ether oxygens (including phenoxy) is 1. The molecule has 2 aliphatic rings. The van der Waals surface area contributed by atoms with Crippen LogP contribution in [0.4, 0.5) is 0 Å². The van der Waals surface area contributed by atoms with Crippen molar-refractivity contribution in [1.82, 2.24) is 4.90 Å². The Morgan fingerprint density at radius 2 is 2.15 bits per heavy atom. The zero-order chi connectivity index (χ0) is 14.0. The molecule has 1 amide bonds. The molecule has 0 aromatic heterocycles. The van der Waals surface area contributed by atoms with Gasteiger partial charge in [-0.2, -0.15) is 0 Å². The Hall–Kier alpha value is -1.39. The summed E-state index contributed by atoms with van der Waals surface area (Å²) in [6.45, 7) is 3.34. The summed E-state index contributed by atoms with van der Waals surface area (Å²) in [4.78, 5) is 14.3. The van der Waals surface area contributed by atoms with E-state index in [9.17, 15) is 4.79 Å². The first-order valence-electron chi connectivity index (χ1n) is 7.35. The molecule has 0 saturated carbocycles. The molecule has 3 rings (SSSR count). The van der Waals surface area contributed by atoms with Crippen LogP contribution in [0, 0.1) is 5.41 Å². The van der Waals surface area contributed by atoms with Crippen LogP contribution in [0.1, 0.15) is 30.9 Å². The Morgan fingerprint density at radius 1 is 1.35 bits per heavy atom. The number of nitrogens with two attached hydrogens (primary N) is 1. The minimum Gasteiger partial charge on any atom is -0.381 e. The van der Waals surface area contributed by atoms with Crippen molar-refractivity contribution in [2.45, 2.75) is 25.3 Å². The number of benzene rings is 1. The van der Waals surface area contributed by atoms with Crippen molar-refractivity contribution in [1.29, 1.82) is 0 Å². The van der Waals surface area contributed by atoms with E-state index >= 15 is 0 Å². The van der Waals surface area contributed by atoms with Gasteiger partial charge in [0.25, 0.3) is 0 Å². The number of carbonyl (C=O) groups excluding carboxylic acids is 1. The molecule has 2 saturated heterocycles. The number of carbonyl (C=O) groups is 1. The number of hydrogen-bond acceptors (Lipinski definition) is 3. The van der Waals surface area contributed by atoms with E-state index in [1.165, 1.54) is 0 Å². The standard InChI is InChI=1S/C16H22N2O2/c17-14(13-4-2-1-3-5-13)10-15(19)18-8-6-16(11-18)7-9-20-12-16/h1-5,14H,6-12,17H2/t14-,16+/m1/s1. The van der Waals surface area contributed by atoms with Crippen molar-refractivity contribution in [2.75, 3.05) is 26.3 Å². The largest absolute Gasteiger partial charge is 0.381 e. The summed E-state index contributed by atoms with van der Waals surface area (Å²) in [5.41, 5.74) is 7.39. The first-order chi connectivity index (χ1) is 9.69. The topological polar surface area (TPSA) is 55.6 Å². The number of amides is 1. The summed E-state index contributed by atoms with van der Waals surface area (Å²) in [5, 5.41) is 0. The van der Waals surface area contributed by atoms with E-state index < -0.39 is 0 Å². The van der Waals surface area contributed by atoms with Crippen molar-refractivity contribution in [3.63, 3.8) is 0 Å². The monoisotopic (exact) mass is 274 g/mol. The van der Waals surface area contributed by atoms with Crippen molar-refractivity contribution in [3.05, 3.63) is 35.9 Å². The molecular formula is C16H22N2O2. The summed E-state index contributed by atoms with van der Waals surface area (Å²) in [6.07, 6.45) is 2.54. The molecule has 0 radical (unpaired) electrons. The van der Waals surface area contributed by atoms with Crippen LogP contribution >= 0.6 is 0 Å². The fourth-order valence-electron chi connectivity index (χ4n) is 3.25. The molecule has 20 heavy (non-hydrogen) atoms. The lowest BCUT2D eigenvalue weighted by molar-refractivity contribution is -0.131. The van der Waals surface area contributed by atoms with Crippen LogP contribution in [0.5, 0.6) is 0 Å². The molecular weight excluding hydrogens is 252 g/mol. The second-order valence-corrected chi connectivity index (χ2v) is 6.09. The first kappa shape index (κ1) is 13.6. The van der Waals surface area contributed by atoms with Crippen molar-refractivity contribution in [2.24, 2.45) is 11.1 Å². The molecule has 2 fully saturated rings. The number of hydrogen-bond donors (Lipinski definition) is 1. The van der Waals surface area contributed by atoms with E-state index in [-0.39, 0.29) is 17.4 Å². The lowest BCUT2D eigenvalue weighted by atomic mass is 9.87. The highest BCUT2D eigenvalue weighted by Crippen LogP contribution is 2.38. The molecule has 2 atom stereocenters. The van der Waals surface area contributed by atoms with Gasteiger partial charge in [-0.05, 0) is 18.4 Å². The predicted octanol–water partition coefficient (Wildman–Crippen LogP) is 1.72. The molecule has 1 aromatic carbocycles. The lowest BCUT2D eigenvalue weighted by Gasteiger charge is -2.23. The Morgan fingerprint density at radius 3 is 2.85 bits per heavy atom. The Bertz CT molecular complexity index is 469. The van der Waals surface area contributed by atoms with Crippen molar-refractivity contribution < 1.29 is 9.53 Å². The van der Waals surface area contributed by atoms with Gasteiger partial charge in [-0.15, -0.1) is 0 Å². The fourth-order valence-corrected chi connectivity index (χ4v) is 3.25. The van der Waals surface area contributed by atoms with Gasteiger partial charge in [0.05, 0.1) is 6.61 Å². The molecule has 108 valence electrons. The van der Waals surface area contributed by atoms with Gasteiger partial charge in [0.15, 0.2) is 0 Å². The third-order valence-corrected chi connectivity index (χ3v) is 4.60. The van der Waals surface area contributed by atoms with Crippen molar-refractivity contribution in [3.8, 4) is 0 Å². The summed E-state index contributed by atoms with van der Waals surface area (Å²) in [7, 11) is 0. The van der Waals surface area contributed by atoms with Crippen LogP contribution in [0.15, 0.2) is 30.3 Å². The van der Waals surface area contributed by atoms with Gasteiger partial charge in [-0.3, -0.25) is 4.79 Å². The minimum absolute atomic E-state index is 0.171. The van der Waals surface area contributed by atoms with Gasteiger partial charge >= 0.3 is 0 Å². The van der Waals surface area contributed by atoms with Gasteiger partial charge in [0.1, 0.15) is 0 Å².